The van der Waals surface area contributed by atoms with Crippen molar-refractivity contribution in [3.05, 3.63) is 0 Å². The highest BCUT2D eigenvalue weighted by Crippen LogP contribution is 2.19. The van der Waals surface area contributed by atoms with E-state index in [1.54, 1.807) is 0 Å². The van der Waals surface area contributed by atoms with Gasteiger partial charge in [0.1, 0.15) is 0 Å². The third-order valence-electron chi connectivity index (χ3n) is 1.01. The topological polar surface area (TPSA) is 52.6 Å². The van der Waals surface area contributed by atoms with Crippen molar-refractivity contribution in [2.45, 2.75) is 18.9 Å². The van der Waals surface area contributed by atoms with E-state index in [2.05, 4.69) is 8.85 Å². The monoisotopic (exact) mass is 270 g/mol. The van der Waals surface area contributed by atoms with Gasteiger partial charge in [0, 0.05) is 0 Å². The highest BCUT2D eigenvalue weighted by atomic mass is 28.3. The van der Waals surface area contributed by atoms with Gasteiger partial charge in [0.2, 0.25) is 0 Å². The minimum Gasteiger partial charge on any atom is -0.481 e. The minimum absolute atomic E-state index is 0.674. The maximum atomic E-state index is 11.6. The van der Waals surface area contributed by atoms with Crippen LogP contribution in [0.2, 0.25) is 6.55 Å². The van der Waals surface area contributed by atoms with E-state index >= 15 is 0 Å². The zero-order valence-corrected chi connectivity index (χ0v) is 8.63. The first-order chi connectivity index (χ1) is 6.94. The van der Waals surface area contributed by atoms with Gasteiger partial charge in [-0.2, -0.15) is 26.3 Å². The third-order valence-corrected chi connectivity index (χ3v) is 2.10. The number of halogens is 6. The van der Waals surface area contributed by atoms with Crippen molar-refractivity contribution in [2.24, 2.45) is 0 Å². The molecule has 0 atom stereocenters. The van der Waals surface area contributed by atoms with Crippen LogP contribution in [0.25, 0.3) is 0 Å². The number of carbonyl (C=O) groups is 2. The van der Waals surface area contributed by atoms with Gasteiger partial charge < -0.3 is 8.85 Å². The van der Waals surface area contributed by atoms with Crippen LogP contribution in [0.1, 0.15) is 0 Å². The average molecular weight is 270 g/mol. The normalized spacial score (nSPS) is 12.5. The lowest BCUT2D eigenvalue weighted by Crippen LogP contribution is -2.37. The minimum atomic E-state index is -5.34. The molecule has 0 bridgehead atoms. The van der Waals surface area contributed by atoms with Gasteiger partial charge >= 0.3 is 33.6 Å². The summed E-state index contributed by atoms with van der Waals surface area (Å²) in [5, 5.41) is 0. The van der Waals surface area contributed by atoms with Gasteiger partial charge in [-0.05, 0) is 6.55 Å². The number of hydrogen-bond donors (Lipinski definition) is 0. The Balaban J connectivity index is 4.26. The van der Waals surface area contributed by atoms with Gasteiger partial charge in [0.05, 0.1) is 0 Å². The first kappa shape index (κ1) is 14.7. The van der Waals surface area contributed by atoms with Crippen molar-refractivity contribution in [3.63, 3.8) is 0 Å². The molecule has 0 saturated heterocycles. The van der Waals surface area contributed by atoms with Gasteiger partial charge in [-0.15, -0.1) is 0 Å². The molecule has 11 heteroatoms. The van der Waals surface area contributed by atoms with Gasteiger partial charge in [0.15, 0.2) is 0 Å². The molecule has 4 nitrogen and oxygen atoms in total. The Kier molecular flexibility index (Phi) is 4.34. The molecule has 0 aliphatic carbocycles. The fourth-order valence-electron chi connectivity index (χ4n) is 0.459. The molecule has 16 heavy (non-hydrogen) atoms. The summed E-state index contributed by atoms with van der Waals surface area (Å²) in [5.74, 6) is -5.39. The van der Waals surface area contributed by atoms with Crippen molar-refractivity contribution in [1.29, 1.82) is 0 Å². The molecule has 0 N–H and O–H groups in total. The van der Waals surface area contributed by atoms with Crippen LogP contribution in [-0.4, -0.2) is 33.6 Å². The third kappa shape index (κ3) is 5.00. The Bertz CT molecular complexity index is 256. The van der Waals surface area contributed by atoms with E-state index in [1.165, 1.54) is 0 Å². The molecule has 0 aliphatic heterocycles. The summed E-state index contributed by atoms with van der Waals surface area (Å²) in [6.45, 7) is 0.674. The highest BCUT2D eigenvalue weighted by Gasteiger charge is 2.45. The molecule has 0 rings (SSSR count). The number of carbonyl (C=O) groups excluding carboxylic acids is 2. The predicted octanol–water partition coefficient (Wildman–Crippen LogP) is 1.05. The lowest BCUT2D eigenvalue weighted by molar-refractivity contribution is -0.197. The summed E-state index contributed by atoms with van der Waals surface area (Å²) >= 11 is 0. The molecule has 0 heterocycles. The van der Waals surface area contributed by atoms with Crippen LogP contribution in [0, 0.1) is 0 Å². The molecule has 0 amide bonds. The molecule has 94 valence electrons. The van der Waals surface area contributed by atoms with Crippen molar-refractivity contribution in [1.82, 2.24) is 0 Å². The Morgan fingerprint density at radius 3 is 1.31 bits per heavy atom. The molecule has 0 saturated carbocycles. The van der Waals surface area contributed by atoms with E-state index in [1.807, 2.05) is 0 Å². The van der Waals surface area contributed by atoms with E-state index in [9.17, 15) is 35.9 Å². The summed E-state index contributed by atoms with van der Waals surface area (Å²) in [7, 11) is -3.66. The second-order valence-corrected chi connectivity index (χ2v) is 3.98. The molecular weight excluding hydrogens is 266 g/mol. The van der Waals surface area contributed by atoms with Crippen molar-refractivity contribution >= 4 is 21.2 Å². The number of alkyl halides is 6. The highest BCUT2D eigenvalue weighted by molar-refractivity contribution is 6.47. The van der Waals surface area contributed by atoms with E-state index < -0.39 is 33.6 Å². The van der Waals surface area contributed by atoms with Crippen LogP contribution in [0.4, 0.5) is 26.3 Å². The van der Waals surface area contributed by atoms with E-state index in [0.29, 0.717) is 6.55 Å². The fraction of sp³-hybridized carbons (Fsp3) is 0.600. The Labute approximate surface area is 86.0 Å². The smallest absolute Gasteiger partial charge is 0.481 e. The largest absolute Gasteiger partial charge is 0.489 e. The predicted molar refractivity (Wildman–Crippen MR) is 37.3 cm³/mol. The van der Waals surface area contributed by atoms with Gasteiger partial charge in [-0.3, -0.25) is 0 Å². The Hall–Kier alpha value is -1.26. The van der Waals surface area contributed by atoms with Crippen LogP contribution in [-0.2, 0) is 18.4 Å². The molecule has 0 spiro atoms. The molecule has 0 aromatic carbocycles. The standard InChI is InChI=1S/C5H4F6O4Si/c1-16(14-2(12)4(6,7)8)15-3(13)5(9,10)11/h16H,1H3. The molecule has 0 fully saturated rings. The van der Waals surface area contributed by atoms with Crippen LogP contribution in [0.15, 0.2) is 0 Å². The average Bonchev–Trinajstić information content (AvgIpc) is 1.99. The van der Waals surface area contributed by atoms with E-state index in [0.717, 1.165) is 0 Å². The molecular formula is C5H4F6O4Si. The Morgan fingerprint density at radius 2 is 1.12 bits per heavy atom. The second kappa shape index (κ2) is 4.72. The maximum absolute atomic E-state index is 11.6. The van der Waals surface area contributed by atoms with Gasteiger partial charge in [0.25, 0.3) is 0 Å². The molecule has 0 aliphatic rings. The van der Waals surface area contributed by atoms with Crippen LogP contribution < -0.4 is 0 Å². The number of rotatable bonds is 2. The van der Waals surface area contributed by atoms with E-state index in [4.69, 9.17) is 0 Å². The van der Waals surface area contributed by atoms with Crippen LogP contribution in [0.3, 0.4) is 0 Å². The summed E-state index contributed by atoms with van der Waals surface area (Å²) in [6.07, 6.45) is -10.7. The first-order valence-electron chi connectivity index (χ1n) is 3.50. The summed E-state index contributed by atoms with van der Waals surface area (Å²) < 4.78 is 76.4. The maximum Gasteiger partial charge on any atom is 0.489 e. The lowest BCUT2D eigenvalue weighted by Gasteiger charge is -2.14. The first-order valence-corrected chi connectivity index (χ1v) is 5.60. The van der Waals surface area contributed by atoms with Crippen molar-refractivity contribution < 1.29 is 44.8 Å². The fourth-order valence-corrected chi connectivity index (χ4v) is 1.38. The molecule has 0 aromatic heterocycles. The van der Waals surface area contributed by atoms with E-state index in [-0.39, 0.29) is 0 Å². The lowest BCUT2D eigenvalue weighted by atomic mass is 10.7. The molecule has 0 unspecified atom stereocenters. The number of hydrogen-bond acceptors (Lipinski definition) is 4. The summed E-state index contributed by atoms with van der Waals surface area (Å²) in [6, 6.07) is 0. The SMILES string of the molecule is C[SiH](OC(=O)C(F)(F)F)OC(=O)C(F)(F)F. The zero-order valence-electron chi connectivity index (χ0n) is 7.48. The van der Waals surface area contributed by atoms with Crippen LogP contribution in [0.5, 0.6) is 0 Å². The zero-order chi connectivity index (χ0) is 13.1. The van der Waals surface area contributed by atoms with Crippen LogP contribution >= 0.6 is 0 Å². The van der Waals surface area contributed by atoms with Crippen molar-refractivity contribution in [3.8, 4) is 0 Å². The summed E-state index contributed by atoms with van der Waals surface area (Å²) in [4.78, 5) is 20.2. The van der Waals surface area contributed by atoms with Crippen molar-refractivity contribution in [2.75, 3.05) is 0 Å². The second-order valence-electron chi connectivity index (χ2n) is 2.37. The summed E-state index contributed by atoms with van der Waals surface area (Å²) in [5.41, 5.74) is 0. The quantitative estimate of drug-likeness (QED) is 0.556. The van der Waals surface area contributed by atoms with Gasteiger partial charge in [-0.1, -0.05) is 0 Å². The Morgan fingerprint density at radius 1 is 0.875 bits per heavy atom. The molecule has 0 aromatic rings. The molecule has 0 radical (unpaired) electrons. The van der Waals surface area contributed by atoms with Gasteiger partial charge in [-0.25, -0.2) is 9.59 Å².